The second-order valence-electron chi connectivity index (χ2n) is 6.54. The minimum atomic E-state index is -0.387. The maximum absolute atomic E-state index is 11.7. The zero-order valence-electron chi connectivity index (χ0n) is 17.4. The van der Waals surface area contributed by atoms with Gasteiger partial charge in [-0.15, -0.1) is 11.3 Å². The first kappa shape index (κ1) is 22.2. The van der Waals surface area contributed by atoms with Crippen molar-refractivity contribution < 1.29 is 19.1 Å². The molecule has 1 heterocycles. The van der Waals surface area contributed by atoms with E-state index in [1.54, 1.807) is 47.8 Å². The van der Waals surface area contributed by atoms with E-state index >= 15 is 0 Å². The molecule has 0 radical (unpaired) electrons. The summed E-state index contributed by atoms with van der Waals surface area (Å²) in [5.74, 6) is 0.218. The second kappa shape index (κ2) is 11.0. The van der Waals surface area contributed by atoms with Crippen LogP contribution in [0.1, 0.15) is 26.7 Å². The Labute approximate surface area is 185 Å². The number of thiazole rings is 1. The number of hydrogen-bond donors (Lipinski definition) is 0. The van der Waals surface area contributed by atoms with Crippen LogP contribution in [0.5, 0.6) is 11.5 Å². The van der Waals surface area contributed by atoms with Crippen molar-refractivity contribution in [1.29, 1.82) is 0 Å². The van der Waals surface area contributed by atoms with E-state index in [9.17, 15) is 9.59 Å². The van der Waals surface area contributed by atoms with Crippen molar-refractivity contribution in [3.63, 3.8) is 0 Å². The Kier molecular flexibility index (Phi) is 7.90. The first-order valence-electron chi connectivity index (χ1n) is 10.0. The molecule has 0 bridgehead atoms. The third kappa shape index (κ3) is 6.49. The van der Waals surface area contributed by atoms with Gasteiger partial charge in [0.05, 0.1) is 4.88 Å². The highest BCUT2D eigenvalue weighted by atomic mass is 32.1. The van der Waals surface area contributed by atoms with Gasteiger partial charge in [-0.3, -0.25) is 0 Å². The van der Waals surface area contributed by atoms with Crippen LogP contribution in [0.25, 0.3) is 21.0 Å². The summed E-state index contributed by atoms with van der Waals surface area (Å²) in [6.45, 7) is 3.91. The van der Waals surface area contributed by atoms with Gasteiger partial charge < -0.3 is 9.47 Å². The van der Waals surface area contributed by atoms with Gasteiger partial charge >= 0.3 is 11.9 Å². The Bertz CT molecular complexity index is 993. The Morgan fingerprint density at radius 3 is 1.77 bits per heavy atom. The molecule has 0 aliphatic carbocycles. The van der Waals surface area contributed by atoms with Crippen molar-refractivity contribution in [2.24, 2.45) is 0 Å². The minimum Gasteiger partial charge on any atom is -0.423 e. The molecule has 6 heteroatoms. The van der Waals surface area contributed by atoms with Crippen LogP contribution in [0, 0.1) is 0 Å². The maximum atomic E-state index is 11.7. The van der Waals surface area contributed by atoms with Crippen LogP contribution in [-0.4, -0.2) is 16.9 Å². The van der Waals surface area contributed by atoms with Crippen molar-refractivity contribution in [2.45, 2.75) is 26.7 Å². The molecule has 0 saturated carbocycles. The average Bonchev–Trinajstić information content (AvgIpc) is 3.27. The van der Waals surface area contributed by atoms with Gasteiger partial charge in [0, 0.05) is 23.9 Å². The van der Waals surface area contributed by atoms with Gasteiger partial charge in [0.2, 0.25) is 0 Å². The third-order valence-electron chi connectivity index (χ3n) is 4.16. The van der Waals surface area contributed by atoms with E-state index in [0.29, 0.717) is 11.5 Å². The molecule has 0 amide bonds. The van der Waals surface area contributed by atoms with E-state index in [4.69, 9.17) is 9.47 Å². The molecule has 0 atom stereocenters. The third-order valence-corrected chi connectivity index (χ3v) is 5.26. The molecule has 0 fully saturated rings. The molecule has 0 saturated heterocycles. The van der Waals surface area contributed by atoms with Crippen LogP contribution in [0.15, 0.2) is 79.0 Å². The van der Waals surface area contributed by atoms with Crippen LogP contribution in [0.4, 0.5) is 0 Å². The van der Waals surface area contributed by atoms with E-state index in [-0.39, 0.29) is 11.9 Å². The highest BCUT2D eigenvalue weighted by Crippen LogP contribution is 2.33. The second-order valence-corrected chi connectivity index (χ2v) is 7.57. The first-order chi connectivity index (χ1) is 15.1. The van der Waals surface area contributed by atoms with Crippen molar-refractivity contribution in [2.75, 3.05) is 0 Å². The van der Waals surface area contributed by atoms with Crippen molar-refractivity contribution in [1.82, 2.24) is 4.98 Å². The van der Waals surface area contributed by atoms with Crippen LogP contribution < -0.4 is 9.47 Å². The molecule has 0 unspecified atom stereocenters. The molecule has 0 spiro atoms. The van der Waals surface area contributed by atoms with Gasteiger partial charge in [-0.1, -0.05) is 26.0 Å². The number of ether oxygens (including phenoxy) is 2. The molecule has 5 nitrogen and oxygen atoms in total. The fourth-order valence-electron chi connectivity index (χ4n) is 2.62. The van der Waals surface area contributed by atoms with Gasteiger partial charge in [-0.2, -0.15) is 0 Å². The molecule has 2 aromatic carbocycles. The largest absolute Gasteiger partial charge is 0.423 e. The average molecular weight is 434 g/mol. The number of carbonyl (C=O) groups is 2. The molecular formula is C25H23NO4S. The summed E-state index contributed by atoms with van der Waals surface area (Å²) in [5, 5.41) is 0.860. The van der Waals surface area contributed by atoms with Crippen molar-refractivity contribution in [3.05, 3.63) is 79.0 Å². The minimum absolute atomic E-state index is 0.384. The Morgan fingerprint density at radius 2 is 1.29 bits per heavy atom. The van der Waals surface area contributed by atoms with Crippen LogP contribution in [0.3, 0.4) is 0 Å². The highest BCUT2D eigenvalue weighted by molar-refractivity contribution is 7.18. The molecule has 3 aromatic rings. The molecule has 31 heavy (non-hydrogen) atoms. The SMILES string of the molecule is CCC=CC(=O)Oc1ccc(-c2cnc(-c3ccc(OC(=O)C=CCC)cc3)s2)cc1. The first-order valence-corrected chi connectivity index (χ1v) is 10.8. The number of esters is 2. The Hall–Kier alpha value is -3.51. The number of rotatable bonds is 8. The lowest BCUT2D eigenvalue weighted by Gasteiger charge is -2.03. The summed E-state index contributed by atoms with van der Waals surface area (Å²) in [7, 11) is 0. The summed E-state index contributed by atoms with van der Waals surface area (Å²) in [5.41, 5.74) is 1.93. The lowest BCUT2D eigenvalue weighted by molar-refractivity contribution is -0.129. The van der Waals surface area contributed by atoms with Crippen molar-refractivity contribution in [3.8, 4) is 32.5 Å². The van der Waals surface area contributed by atoms with Crippen LogP contribution in [-0.2, 0) is 9.59 Å². The summed E-state index contributed by atoms with van der Waals surface area (Å²) >= 11 is 1.55. The maximum Gasteiger partial charge on any atom is 0.335 e. The summed E-state index contributed by atoms with van der Waals surface area (Å²) in [6.07, 6.45) is 9.75. The molecule has 158 valence electrons. The Morgan fingerprint density at radius 1 is 0.806 bits per heavy atom. The van der Waals surface area contributed by atoms with E-state index in [2.05, 4.69) is 4.98 Å². The lowest BCUT2D eigenvalue weighted by atomic mass is 10.2. The lowest BCUT2D eigenvalue weighted by Crippen LogP contribution is -2.03. The quantitative estimate of drug-likeness (QED) is 0.240. The highest BCUT2D eigenvalue weighted by Gasteiger charge is 2.09. The smallest absolute Gasteiger partial charge is 0.335 e. The summed E-state index contributed by atoms with van der Waals surface area (Å²) < 4.78 is 10.5. The zero-order valence-corrected chi connectivity index (χ0v) is 18.2. The predicted molar refractivity (Wildman–Crippen MR) is 123 cm³/mol. The summed E-state index contributed by atoms with van der Waals surface area (Å²) in [6, 6.07) is 14.6. The van der Waals surface area contributed by atoms with E-state index in [0.717, 1.165) is 33.9 Å². The van der Waals surface area contributed by atoms with Gasteiger partial charge in [-0.25, -0.2) is 14.6 Å². The van der Waals surface area contributed by atoms with Crippen molar-refractivity contribution >= 4 is 23.3 Å². The van der Waals surface area contributed by atoms with E-state index in [1.165, 1.54) is 12.2 Å². The molecule has 1 aromatic heterocycles. The standard InChI is InChI=1S/C25H23NO4S/c1-3-5-7-23(27)29-20-13-9-18(10-14-20)22-17-26-25(31-22)19-11-15-21(16-12-19)30-24(28)8-6-4-2/h5-17H,3-4H2,1-2H3. The fourth-order valence-corrected chi connectivity index (χ4v) is 3.55. The number of allylic oxidation sites excluding steroid dienone is 2. The molecule has 0 N–H and O–H groups in total. The van der Waals surface area contributed by atoms with E-state index in [1.807, 2.05) is 44.3 Å². The van der Waals surface area contributed by atoms with E-state index < -0.39 is 0 Å². The number of carbonyl (C=O) groups excluding carboxylic acids is 2. The topological polar surface area (TPSA) is 65.5 Å². The summed E-state index contributed by atoms with van der Waals surface area (Å²) in [4.78, 5) is 28.8. The fraction of sp³-hybridized carbons (Fsp3) is 0.160. The van der Waals surface area contributed by atoms with Gasteiger partial charge in [0.25, 0.3) is 0 Å². The van der Waals surface area contributed by atoms with Crippen LogP contribution >= 0.6 is 11.3 Å². The number of hydrogen-bond acceptors (Lipinski definition) is 6. The number of benzene rings is 2. The molecule has 0 aliphatic heterocycles. The zero-order chi connectivity index (χ0) is 22.1. The normalized spacial score (nSPS) is 11.2. The van der Waals surface area contributed by atoms with Crippen LogP contribution in [0.2, 0.25) is 0 Å². The molecular weight excluding hydrogens is 410 g/mol. The van der Waals surface area contributed by atoms with Gasteiger partial charge in [-0.05, 0) is 66.9 Å². The Balaban J connectivity index is 1.66. The monoisotopic (exact) mass is 433 g/mol. The number of aromatic nitrogens is 1. The van der Waals surface area contributed by atoms with Gasteiger partial charge in [0.15, 0.2) is 0 Å². The molecule has 0 aliphatic rings. The molecule has 3 rings (SSSR count). The predicted octanol–water partition coefficient (Wildman–Crippen LogP) is 6.22. The number of nitrogens with zero attached hydrogens (tertiary/aromatic N) is 1. The van der Waals surface area contributed by atoms with Gasteiger partial charge in [0.1, 0.15) is 16.5 Å².